The molecular formula is C11H10BrFN4OS. The Kier molecular flexibility index (Phi) is 4.01. The van der Waals surface area contributed by atoms with Crippen LogP contribution in [0.15, 0.2) is 22.7 Å². The van der Waals surface area contributed by atoms with E-state index in [1.165, 1.54) is 18.2 Å². The first-order valence-corrected chi connectivity index (χ1v) is 6.82. The number of nitrogen functional groups attached to an aromatic ring is 1. The number of anilines is 3. The lowest BCUT2D eigenvalue weighted by atomic mass is 10.3. The number of amides is 1. The van der Waals surface area contributed by atoms with Gasteiger partial charge in [0.2, 0.25) is 0 Å². The van der Waals surface area contributed by atoms with Gasteiger partial charge in [0.1, 0.15) is 16.5 Å². The number of nitrogens with one attached hydrogen (secondary N) is 2. The summed E-state index contributed by atoms with van der Waals surface area (Å²) in [4.78, 5) is 16.3. The van der Waals surface area contributed by atoms with Gasteiger partial charge < -0.3 is 16.4 Å². The molecule has 1 amide bonds. The number of carbonyl (C=O) groups is 1. The maximum Gasteiger partial charge on any atom is 0.269 e. The monoisotopic (exact) mass is 344 g/mol. The Hall–Kier alpha value is -1.67. The molecule has 5 nitrogen and oxygen atoms in total. The summed E-state index contributed by atoms with van der Waals surface area (Å²) in [5, 5.41) is 6.01. The standard InChI is InChI=1S/C11H10BrFN4OS/c1-15-11-17-9(14)8(19-11)10(18)16-7-3-2-5(13)4-6(7)12/h2-4H,14H2,1H3,(H,15,17)(H,16,18). The third-order valence-electron chi connectivity index (χ3n) is 2.25. The Bertz CT molecular complexity index is 631. The quantitative estimate of drug-likeness (QED) is 0.799. The molecular weight excluding hydrogens is 335 g/mol. The van der Waals surface area contributed by atoms with E-state index < -0.39 is 0 Å². The maximum absolute atomic E-state index is 12.9. The largest absolute Gasteiger partial charge is 0.382 e. The van der Waals surface area contributed by atoms with E-state index in [1.807, 2.05) is 0 Å². The summed E-state index contributed by atoms with van der Waals surface area (Å²) in [6.07, 6.45) is 0. The molecule has 2 aromatic rings. The smallest absolute Gasteiger partial charge is 0.269 e. The van der Waals surface area contributed by atoms with Gasteiger partial charge in [0.25, 0.3) is 5.91 Å². The first-order valence-electron chi connectivity index (χ1n) is 5.21. The van der Waals surface area contributed by atoms with Gasteiger partial charge >= 0.3 is 0 Å². The lowest BCUT2D eigenvalue weighted by Crippen LogP contribution is -2.12. The lowest BCUT2D eigenvalue weighted by molar-refractivity contribution is 0.103. The topological polar surface area (TPSA) is 80.0 Å². The van der Waals surface area contributed by atoms with Gasteiger partial charge in [-0.15, -0.1) is 0 Å². The van der Waals surface area contributed by atoms with Crippen molar-refractivity contribution in [1.82, 2.24) is 4.98 Å². The first-order chi connectivity index (χ1) is 9.01. The van der Waals surface area contributed by atoms with Crippen LogP contribution in [0.5, 0.6) is 0 Å². The van der Waals surface area contributed by atoms with Gasteiger partial charge in [-0.1, -0.05) is 11.3 Å². The number of aromatic nitrogens is 1. The highest BCUT2D eigenvalue weighted by atomic mass is 79.9. The van der Waals surface area contributed by atoms with E-state index in [0.29, 0.717) is 20.2 Å². The zero-order chi connectivity index (χ0) is 14.0. The third-order valence-corrected chi connectivity index (χ3v) is 4.00. The van der Waals surface area contributed by atoms with E-state index in [0.717, 1.165) is 11.3 Å². The summed E-state index contributed by atoms with van der Waals surface area (Å²) in [6.45, 7) is 0. The lowest BCUT2D eigenvalue weighted by Gasteiger charge is -2.06. The highest BCUT2D eigenvalue weighted by Gasteiger charge is 2.16. The highest BCUT2D eigenvalue weighted by Crippen LogP contribution is 2.28. The highest BCUT2D eigenvalue weighted by molar-refractivity contribution is 9.10. The summed E-state index contributed by atoms with van der Waals surface area (Å²) >= 11 is 4.32. The number of halogens is 2. The zero-order valence-electron chi connectivity index (χ0n) is 9.83. The number of nitrogens with two attached hydrogens (primary N) is 1. The Morgan fingerprint density at radius 2 is 2.26 bits per heavy atom. The van der Waals surface area contributed by atoms with Crippen LogP contribution in [0, 0.1) is 5.82 Å². The second kappa shape index (κ2) is 5.54. The van der Waals surface area contributed by atoms with Crippen LogP contribution in [0.2, 0.25) is 0 Å². The van der Waals surface area contributed by atoms with Crippen molar-refractivity contribution in [1.29, 1.82) is 0 Å². The van der Waals surface area contributed by atoms with Crippen molar-refractivity contribution in [2.24, 2.45) is 0 Å². The Labute approximate surface area is 121 Å². The van der Waals surface area contributed by atoms with Gasteiger partial charge in [-0.2, -0.15) is 0 Å². The summed E-state index contributed by atoms with van der Waals surface area (Å²) < 4.78 is 13.4. The van der Waals surface area contributed by atoms with Crippen molar-refractivity contribution in [3.63, 3.8) is 0 Å². The van der Waals surface area contributed by atoms with E-state index in [4.69, 9.17) is 5.73 Å². The van der Waals surface area contributed by atoms with Gasteiger partial charge in [0, 0.05) is 11.5 Å². The van der Waals surface area contributed by atoms with Crippen molar-refractivity contribution in [3.8, 4) is 0 Å². The number of benzene rings is 1. The number of thiazole rings is 1. The Morgan fingerprint density at radius 1 is 1.53 bits per heavy atom. The van der Waals surface area contributed by atoms with Gasteiger partial charge in [-0.3, -0.25) is 4.79 Å². The van der Waals surface area contributed by atoms with E-state index in [2.05, 4.69) is 31.5 Å². The molecule has 0 radical (unpaired) electrons. The van der Waals surface area contributed by atoms with E-state index >= 15 is 0 Å². The summed E-state index contributed by atoms with van der Waals surface area (Å²) in [6, 6.07) is 3.99. The maximum atomic E-state index is 12.9. The normalized spacial score (nSPS) is 10.3. The molecule has 1 aromatic heterocycles. The average molecular weight is 345 g/mol. The SMILES string of the molecule is CNc1nc(N)c(C(=O)Nc2ccc(F)cc2Br)s1. The molecule has 8 heteroatoms. The molecule has 0 unspecified atom stereocenters. The van der Waals surface area contributed by atoms with Crippen molar-refractivity contribution in [3.05, 3.63) is 33.4 Å². The molecule has 0 spiro atoms. The minimum Gasteiger partial charge on any atom is -0.382 e. The van der Waals surface area contributed by atoms with Crippen LogP contribution in [0.25, 0.3) is 0 Å². The van der Waals surface area contributed by atoms with Crippen molar-refractivity contribution in [2.45, 2.75) is 0 Å². The molecule has 2 rings (SSSR count). The predicted molar refractivity (Wildman–Crippen MR) is 78.1 cm³/mol. The van der Waals surface area contributed by atoms with Crippen LogP contribution in [-0.2, 0) is 0 Å². The second-order valence-electron chi connectivity index (χ2n) is 3.56. The molecule has 0 atom stereocenters. The van der Waals surface area contributed by atoms with Crippen LogP contribution in [0.3, 0.4) is 0 Å². The van der Waals surface area contributed by atoms with Crippen molar-refractivity contribution in [2.75, 3.05) is 23.4 Å². The predicted octanol–water partition coefficient (Wildman–Crippen LogP) is 2.92. The van der Waals surface area contributed by atoms with Gasteiger partial charge in [-0.05, 0) is 34.1 Å². The summed E-state index contributed by atoms with van der Waals surface area (Å²) in [7, 11) is 1.69. The molecule has 0 aliphatic carbocycles. The van der Waals surface area contributed by atoms with Gasteiger partial charge in [-0.25, -0.2) is 9.37 Å². The molecule has 100 valence electrons. The number of hydrogen-bond acceptors (Lipinski definition) is 5. The molecule has 1 aromatic carbocycles. The van der Waals surface area contributed by atoms with Gasteiger partial charge in [0.05, 0.1) is 5.69 Å². The fraction of sp³-hybridized carbons (Fsp3) is 0.0909. The molecule has 0 saturated carbocycles. The first kappa shape index (κ1) is 13.8. The molecule has 19 heavy (non-hydrogen) atoms. The van der Waals surface area contributed by atoms with Crippen LogP contribution in [0.4, 0.5) is 21.0 Å². The summed E-state index contributed by atoms with van der Waals surface area (Å²) in [5.41, 5.74) is 6.12. The fourth-order valence-corrected chi connectivity index (χ4v) is 2.55. The van der Waals surface area contributed by atoms with Crippen LogP contribution >= 0.6 is 27.3 Å². The molecule has 0 bridgehead atoms. The van der Waals surface area contributed by atoms with Crippen molar-refractivity contribution >= 4 is 49.8 Å². The second-order valence-corrected chi connectivity index (χ2v) is 5.42. The Balaban J connectivity index is 2.23. The minimum atomic E-state index is -0.389. The Morgan fingerprint density at radius 3 is 2.84 bits per heavy atom. The van der Waals surface area contributed by atoms with E-state index in [9.17, 15) is 9.18 Å². The van der Waals surface area contributed by atoms with Crippen LogP contribution in [0.1, 0.15) is 9.67 Å². The molecule has 4 N–H and O–H groups in total. The van der Waals surface area contributed by atoms with Crippen molar-refractivity contribution < 1.29 is 9.18 Å². The minimum absolute atomic E-state index is 0.157. The molecule has 0 fully saturated rings. The van der Waals surface area contributed by atoms with Crippen LogP contribution in [-0.4, -0.2) is 17.9 Å². The van der Waals surface area contributed by atoms with E-state index in [1.54, 1.807) is 7.05 Å². The average Bonchev–Trinajstić information content (AvgIpc) is 2.74. The summed E-state index contributed by atoms with van der Waals surface area (Å²) in [5.74, 6) is -0.617. The molecule has 0 saturated heterocycles. The number of hydrogen-bond donors (Lipinski definition) is 3. The number of carbonyl (C=O) groups excluding carboxylic acids is 1. The number of nitrogens with zero attached hydrogens (tertiary/aromatic N) is 1. The molecule has 0 aliphatic heterocycles. The number of rotatable bonds is 3. The third kappa shape index (κ3) is 3.02. The van der Waals surface area contributed by atoms with Gasteiger partial charge in [0.15, 0.2) is 5.13 Å². The molecule has 1 heterocycles. The zero-order valence-corrected chi connectivity index (χ0v) is 12.2. The van der Waals surface area contributed by atoms with Crippen LogP contribution < -0.4 is 16.4 Å². The van der Waals surface area contributed by atoms with E-state index in [-0.39, 0.29) is 17.5 Å². The fourth-order valence-electron chi connectivity index (χ4n) is 1.37. The molecule has 0 aliphatic rings.